The molecule has 0 spiro atoms. The van der Waals surface area contributed by atoms with Crippen LogP contribution in [0.1, 0.15) is 296 Å². The van der Waals surface area contributed by atoms with Crippen molar-refractivity contribution < 1.29 is 24.5 Å². The zero-order valence-corrected chi connectivity index (χ0v) is 40.5. The zero-order valence-electron chi connectivity index (χ0n) is 40.5. The van der Waals surface area contributed by atoms with Gasteiger partial charge in [-0.15, -0.1) is 0 Å². The molecule has 6 heteroatoms. The van der Waals surface area contributed by atoms with Crippen LogP contribution in [0.3, 0.4) is 0 Å². The third kappa shape index (κ3) is 46.1. The van der Waals surface area contributed by atoms with Crippen LogP contribution in [0.4, 0.5) is 0 Å². The minimum absolute atomic E-state index is 0.0229. The molecule has 3 N–H and O–H groups in total. The van der Waals surface area contributed by atoms with E-state index in [2.05, 4.69) is 31.3 Å². The minimum Gasteiger partial charge on any atom is -0.466 e. The molecule has 0 aliphatic carbocycles. The largest absolute Gasteiger partial charge is 0.466 e. The first-order valence-corrected chi connectivity index (χ1v) is 26.9. The Morgan fingerprint density at radius 1 is 0.450 bits per heavy atom. The molecular weight excluding hydrogens is 743 g/mol. The average molecular weight is 848 g/mol. The first kappa shape index (κ1) is 58.6. The molecule has 0 bridgehead atoms. The monoisotopic (exact) mass is 848 g/mol. The fourth-order valence-electron chi connectivity index (χ4n) is 8.40. The summed E-state index contributed by atoms with van der Waals surface area (Å²) in [6.07, 6.45) is 57.5. The Balaban J connectivity index is 3.47. The number of aliphatic hydroxyl groups excluding tert-OH is 2. The second-order valence-corrected chi connectivity index (χ2v) is 18.6. The van der Waals surface area contributed by atoms with Gasteiger partial charge in [0.1, 0.15) is 0 Å². The van der Waals surface area contributed by atoms with Crippen molar-refractivity contribution >= 4 is 11.9 Å². The molecule has 2 unspecified atom stereocenters. The average Bonchev–Trinajstić information content (AvgIpc) is 3.25. The molecular formula is C54H105NO5. The number of esters is 1. The van der Waals surface area contributed by atoms with Crippen LogP contribution in [0.25, 0.3) is 0 Å². The van der Waals surface area contributed by atoms with E-state index in [-0.39, 0.29) is 18.5 Å². The Kier molecular flexibility index (Phi) is 49.1. The number of carbonyl (C=O) groups is 2. The summed E-state index contributed by atoms with van der Waals surface area (Å²) in [4.78, 5) is 24.5. The second kappa shape index (κ2) is 50.2. The van der Waals surface area contributed by atoms with Crippen LogP contribution in [0.2, 0.25) is 0 Å². The summed E-state index contributed by atoms with van der Waals surface area (Å²) in [5.41, 5.74) is 0. The molecule has 0 aromatic carbocycles. The van der Waals surface area contributed by atoms with Crippen LogP contribution in [-0.2, 0) is 14.3 Å². The van der Waals surface area contributed by atoms with Crippen molar-refractivity contribution in [2.45, 2.75) is 309 Å². The lowest BCUT2D eigenvalue weighted by atomic mass is 10.0. The molecule has 1 amide bonds. The fraction of sp³-hybridized carbons (Fsp3) is 0.926. The van der Waals surface area contributed by atoms with E-state index < -0.39 is 12.1 Å². The van der Waals surface area contributed by atoms with Gasteiger partial charge >= 0.3 is 5.97 Å². The lowest BCUT2D eigenvalue weighted by molar-refractivity contribution is -0.143. The number of hydrogen-bond acceptors (Lipinski definition) is 5. The maximum atomic E-state index is 12.5. The first-order valence-electron chi connectivity index (χ1n) is 26.9. The molecule has 2 atom stereocenters. The Morgan fingerprint density at radius 2 is 0.783 bits per heavy atom. The zero-order chi connectivity index (χ0) is 43.7. The predicted molar refractivity (Wildman–Crippen MR) is 260 cm³/mol. The van der Waals surface area contributed by atoms with Crippen molar-refractivity contribution in [2.75, 3.05) is 13.2 Å². The van der Waals surface area contributed by atoms with Crippen LogP contribution in [0, 0.1) is 0 Å². The lowest BCUT2D eigenvalue weighted by Crippen LogP contribution is -2.45. The number of ether oxygens (including phenoxy) is 1. The summed E-state index contributed by atoms with van der Waals surface area (Å²) >= 11 is 0. The number of rotatable bonds is 50. The van der Waals surface area contributed by atoms with E-state index in [1.807, 2.05) is 0 Å². The van der Waals surface area contributed by atoms with Gasteiger partial charge in [-0.1, -0.05) is 244 Å². The SMILES string of the molecule is CCCCC/C=C\CCCCCCCC(=O)OCCCCCCCCCCCCCC(=O)NC(CO)C(O)CCCCCCCCCCCCCCCCCCCCCC. The summed E-state index contributed by atoms with van der Waals surface area (Å²) < 4.78 is 5.44. The third-order valence-corrected chi connectivity index (χ3v) is 12.6. The van der Waals surface area contributed by atoms with Gasteiger partial charge in [-0.25, -0.2) is 0 Å². The van der Waals surface area contributed by atoms with Crippen molar-refractivity contribution in [1.29, 1.82) is 0 Å². The van der Waals surface area contributed by atoms with Gasteiger partial charge in [0.15, 0.2) is 0 Å². The molecule has 0 aromatic heterocycles. The summed E-state index contributed by atoms with van der Waals surface area (Å²) in [7, 11) is 0. The quantitative estimate of drug-likeness (QED) is 0.0322. The number of unbranched alkanes of at least 4 members (excludes halogenated alkanes) is 37. The van der Waals surface area contributed by atoms with Crippen molar-refractivity contribution in [3.8, 4) is 0 Å². The molecule has 0 saturated heterocycles. The Morgan fingerprint density at radius 3 is 1.22 bits per heavy atom. The number of nitrogens with one attached hydrogen (secondary N) is 1. The molecule has 356 valence electrons. The standard InChI is InChI=1S/C54H105NO5/c1-3-5-7-9-11-13-15-17-18-19-20-21-22-23-24-26-30-34-38-42-46-52(57)51(50-56)55-53(58)47-43-39-35-31-27-25-29-33-37-41-45-49-60-54(59)48-44-40-36-32-28-16-14-12-10-8-6-4-2/h12,14,51-52,56-57H,3-11,13,15-50H2,1-2H3,(H,55,58)/b14-12-. The van der Waals surface area contributed by atoms with Gasteiger partial charge in [-0.2, -0.15) is 0 Å². The molecule has 0 fully saturated rings. The van der Waals surface area contributed by atoms with E-state index >= 15 is 0 Å². The number of hydrogen-bond donors (Lipinski definition) is 3. The normalized spacial score (nSPS) is 12.7. The van der Waals surface area contributed by atoms with Crippen molar-refractivity contribution in [3.63, 3.8) is 0 Å². The summed E-state index contributed by atoms with van der Waals surface area (Å²) in [5, 5.41) is 23.3. The number of amides is 1. The van der Waals surface area contributed by atoms with E-state index in [4.69, 9.17) is 4.74 Å². The fourth-order valence-corrected chi connectivity index (χ4v) is 8.40. The summed E-state index contributed by atoms with van der Waals surface area (Å²) in [6.45, 7) is 4.90. The van der Waals surface area contributed by atoms with E-state index in [0.29, 0.717) is 25.9 Å². The molecule has 0 aliphatic heterocycles. The van der Waals surface area contributed by atoms with Gasteiger partial charge < -0.3 is 20.3 Å². The number of aliphatic hydroxyl groups is 2. The number of carbonyl (C=O) groups excluding carboxylic acids is 2. The first-order chi connectivity index (χ1) is 29.5. The highest BCUT2D eigenvalue weighted by molar-refractivity contribution is 5.76. The smallest absolute Gasteiger partial charge is 0.305 e. The molecule has 0 saturated carbocycles. The molecule has 60 heavy (non-hydrogen) atoms. The molecule has 0 aliphatic rings. The van der Waals surface area contributed by atoms with Crippen LogP contribution in [0.5, 0.6) is 0 Å². The van der Waals surface area contributed by atoms with E-state index in [0.717, 1.165) is 57.8 Å². The summed E-state index contributed by atoms with van der Waals surface area (Å²) in [5.74, 6) is -0.0747. The second-order valence-electron chi connectivity index (χ2n) is 18.6. The van der Waals surface area contributed by atoms with Crippen LogP contribution >= 0.6 is 0 Å². The van der Waals surface area contributed by atoms with Crippen molar-refractivity contribution in [3.05, 3.63) is 12.2 Å². The minimum atomic E-state index is -0.676. The Labute approximate surface area is 374 Å². The van der Waals surface area contributed by atoms with Crippen LogP contribution in [-0.4, -0.2) is 47.4 Å². The predicted octanol–water partition coefficient (Wildman–Crippen LogP) is 16.1. The van der Waals surface area contributed by atoms with E-state index in [9.17, 15) is 19.8 Å². The number of allylic oxidation sites excluding steroid dienone is 2. The van der Waals surface area contributed by atoms with Crippen molar-refractivity contribution in [1.82, 2.24) is 5.32 Å². The van der Waals surface area contributed by atoms with Gasteiger partial charge in [0, 0.05) is 12.8 Å². The van der Waals surface area contributed by atoms with E-state index in [1.54, 1.807) is 0 Å². The maximum Gasteiger partial charge on any atom is 0.305 e. The van der Waals surface area contributed by atoms with Gasteiger partial charge in [0.25, 0.3) is 0 Å². The van der Waals surface area contributed by atoms with Gasteiger partial charge in [-0.3, -0.25) is 9.59 Å². The highest BCUT2D eigenvalue weighted by Crippen LogP contribution is 2.17. The topological polar surface area (TPSA) is 95.9 Å². The Bertz CT molecular complexity index is 893. The van der Waals surface area contributed by atoms with Gasteiger partial charge in [-0.05, 0) is 51.4 Å². The van der Waals surface area contributed by atoms with Crippen molar-refractivity contribution in [2.24, 2.45) is 0 Å². The maximum absolute atomic E-state index is 12.5. The van der Waals surface area contributed by atoms with Crippen LogP contribution in [0.15, 0.2) is 12.2 Å². The third-order valence-electron chi connectivity index (χ3n) is 12.6. The molecule has 6 nitrogen and oxygen atoms in total. The summed E-state index contributed by atoms with van der Waals surface area (Å²) in [6, 6.07) is -0.555. The van der Waals surface area contributed by atoms with Crippen LogP contribution < -0.4 is 5.32 Å². The van der Waals surface area contributed by atoms with E-state index in [1.165, 1.54) is 205 Å². The highest BCUT2D eigenvalue weighted by atomic mass is 16.5. The molecule has 0 radical (unpaired) electrons. The lowest BCUT2D eigenvalue weighted by Gasteiger charge is -2.22. The van der Waals surface area contributed by atoms with Gasteiger partial charge in [0.2, 0.25) is 5.91 Å². The molecule has 0 heterocycles. The van der Waals surface area contributed by atoms with Gasteiger partial charge in [0.05, 0.1) is 25.4 Å². The molecule has 0 rings (SSSR count). The highest BCUT2D eigenvalue weighted by Gasteiger charge is 2.20. The molecule has 0 aromatic rings. The Hall–Kier alpha value is -1.40.